The standard InChI is InChI=1S/C17H21N3/c1-20(14-8-9-14)17-16-5-3-2-4-15(16)12(11-19-17)10-18-13-6-7-13/h2-5,11,13-14,18H,6-10H2,1H3. The maximum Gasteiger partial charge on any atom is 0.136 e. The SMILES string of the molecule is CN(c1ncc(CNC2CC2)c2ccccc12)C1CC1. The zero-order valence-electron chi connectivity index (χ0n) is 12.0. The Labute approximate surface area is 120 Å². The fraction of sp³-hybridized carbons (Fsp3) is 0.471. The summed E-state index contributed by atoms with van der Waals surface area (Å²) in [7, 11) is 2.18. The van der Waals surface area contributed by atoms with Gasteiger partial charge in [0.05, 0.1) is 0 Å². The highest BCUT2D eigenvalue weighted by Crippen LogP contribution is 2.34. The van der Waals surface area contributed by atoms with E-state index in [0.717, 1.165) is 18.4 Å². The van der Waals surface area contributed by atoms with Crippen molar-refractivity contribution >= 4 is 16.6 Å². The van der Waals surface area contributed by atoms with E-state index in [4.69, 9.17) is 4.98 Å². The Bertz CT molecular complexity index is 629. The Balaban J connectivity index is 1.72. The van der Waals surface area contributed by atoms with Gasteiger partial charge in [0.1, 0.15) is 5.82 Å². The summed E-state index contributed by atoms with van der Waals surface area (Å²) in [4.78, 5) is 7.10. The number of rotatable bonds is 5. The van der Waals surface area contributed by atoms with Gasteiger partial charge >= 0.3 is 0 Å². The van der Waals surface area contributed by atoms with Crippen LogP contribution in [0.25, 0.3) is 10.8 Å². The number of nitrogens with one attached hydrogen (secondary N) is 1. The van der Waals surface area contributed by atoms with Crippen LogP contribution in [-0.4, -0.2) is 24.1 Å². The quantitative estimate of drug-likeness (QED) is 0.902. The van der Waals surface area contributed by atoms with Gasteiger partial charge < -0.3 is 10.2 Å². The molecule has 3 heteroatoms. The average Bonchev–Trinajstić information content (AvgIpc) is 3.38. The largest absolute Gasteiger partial charge is 0.356 e. The molecule has 0 radical (unpaired) electrons. The van der Waals surface area contributed by atoms with Gasteiger partial charge in [-0.3, -0.25) is 0 Å². The second-order valence-electron chi connectivity index (χ2n) is 6.15. The summed E-state index contributed by atoms with van der Waals surface area (Å²) in [6, 6.07) is 10.1. The van der Waals surface area contributed by atoms with Crippen LogP contribution in [0.4, 0.5) is 5.82 Å². The molecule has 1 heterocycles. The van der Waals surface area contributed by atoms with Gasteiger partial charge in [-0.2, -0.15) is 0 Å². The third kappa shape index (κ3) is 2.27. The molecule has 1 N–H and O–H groups in total. The molecule has 0 saturated heterocycles. The molecule has 4 rings (SSSR count). The van der Waals surface area contributed by atoms with Crippen LogP contribution in [0, 0.1) is 0 Å². The number of anilines is 1. The summed E-state index contributed by atoms with van der Waals surface area (Å²) in [5.41, 5.74) is 1.32. The minimum absolute atomic E-state index is 0.696. The van der Waals surface area contributed by atoms with Gasteiger partial charge in [0.25, 0.3) is 0 Å². The van der Waals surface area contributed by atoms with Crippen molar-refractivity contribution in [2.24, 2.45) is 0 Å². The van der Waals surface area contributed by atoms with E-state index in [1.165, 1.54) is 42.0 Å². The van der Waals surface area contributed by atoms with Crippen LogP contribution in [0.3, 0.4) is 0 Å². The van der Waals surface area contributed by atoms with Gasteiger partial charge in [0, 0.05) is 37.3 Å². The molecule has 2 aliphatic carbocycles. The summed E-state index contributed by atoms with van der Waals surface area (Å²) in [6.07, 6.45) is 7.32. The van der Waals surface area contributed by atoms with Crippen LogP contribution >= 0.6 is 0 Å². The van der Waals surface area contributed by atoms with Crippen molar-refractivity contribution in [3.63, 3.8) is 0 Å². The van der Waals surface area contributed by atoms with Crippen molar-refractivity contribution in [3.05, 3.63) is 36.0 Å². The lowest BCUT2D eigenvalue weighted by Gasteiger charge is -2.20. The summed E-state index contributed by atoms with van der Waals surface area (Å²) in [5.74, 6) is 1.14. The predicted octanol–water partition coefficient (Wildman–Crippen LogP) is 3.09. The van der Waals surface area contributed by atoms with E-state index >= 15 is 0 Å². The second-order valence-corrected chi connectivity index (χ2v) is 6.15. The van der Waals surface area contributed by atoms with Crippen LogP contribution in [0.15, 0.2) is 30.5 Å². The molecule has 1 aromatic heterocycles. The van der Waals surface area contributed by atoms with E-state index in [2.05, 4.69) is 47.7 Å². The zero-order chi connectivity index (χ0) is 13.5. The second kappa shape index (κ2) is 4.74. The molecule has 2 fully saturated rings. The van der Waals surface area contributed by atoms with Crippen LogP contribution in [0.2, 0.25) is 0 Å². The molecule has 2 aromatic rings. The molecular weight excluding hydrogens is 246 g/mol. The Hall–Kier alpha value is -1.61. The maximum absolute atomic E-state index is 4.75. The molecule has 2 aliphatic rings. The smallest absolute Gasteiger partial charge is 0.136 e. The molecule has 20 heavy (non-hydrogen) atoms. The first-order chi connectivity index (χ1) is 9.83. The first-order valence-electron chi connectivity index (χ1n) is 7.66. The lowest BCUT2D eigenvalue weighted by Crippen LogP contribution is -2.21. The van der Waals surface area contributed by atoms with Crippen molar-refractivity contribution in [3.8, 4) is 0 Å². The zero-order valence-corrected chi connectivity index (χ0v) is 12.0. The van der Waals surface area contributed by atoms with Crippen molar-refractivity contribution in [2.45, 2.75) is 44.3 Å². The van der Waals surface area contributed by atoms with Gasteiger partial charge in [-0.25, -0.2) is 4.98 Å². The van der Waals surface area contributed by atoms with E-state index in [0.29, 0.717) is 6.04 Å². The summed E-state index contributed by atoms with van der Waals surface area (Å²) < 4.78 is 0. The van der Waals surface area contributed by atoms with Gasteiger partial charge in [-0.1, -0.05) is 24.3 Å². The van der Waals surface area contributed by atoms with Gasteiger partial charge in [0.15, 0.2) is 0 Å². The molecular formula is C17H21N3. The molecule has 0 bridgehead atoms. The van der Waals surface area contributed by atoms with Crippen molar-refractivity contribution < 1.29 is 0 Å². The molecule has 0 aliphatic heterocycles. The maximum atomic E-state index is 4.75. The minimum Gasteiger partial charge on any atom is -0.356 e. The first kappa shape index (κ1) is 12.2. The van der Waals surface area contributed by atoms with Crippen LogP contribution in [0.1, 0.15) is 31.2 Å². The number of hydrogen-bond acceptors (Lipinski definition) is 3. The molecule has 0 spiro atoms. The molecule has 0 amide bonds. The van der Waals surface area contributed by atoms with Crippen molar-refractivity contribution in [1.82, 2.24) is 10.3 Å². The van der Waals surface area contributed by atoms with Crippen LogP contribution < -0.4 is 10.2 Å². The third-order valence-electron chi connectivity index (χ3n) is 4.44. The van der Waals surface area contributed by atoms with Gasteiger partial charge in [-0.15, -0.1) is 0 Å². The fourth-order valence-corrected chi connectivity index (χ4v) is 2.83. The lowest BCUT2D eigenvalue weighted by atomic mass is 10.1. The number of hydrogen-bond donors (Lipinski definition) is 1. The number of benzene rings is 1. The van der Waals surface area contributed by atoms with E-state index in [1.807, 2.05) is 0 Å². The number of pyridine rings is 1. The minimum atomic E-state index is 0.696. The Kier molecular flexibility index (Phi) is 2.88. The average molecular weight is 267 g/mol. The highest BCUT2D eigenvalue weighted by Gasteiger charge is 2.28. The normalized spacial score (nSPS) is 18.4. The van der Waals surface area contributed by atoms with Crippen LogP contribution in [-0.2, 0) is 6.54 Å². The Morgan fingerprint density at radius 1 is 1.15 bits per heavy atom. The predicted molar refractivity (Wildman–Crippen MR) is 83.0 cm³/mol. The van der Waals surface area contributed by atoms with Crippen molar-refractivity contribution in [1.29, 1.82) is 0 Å². The van der Waals surface area contributed by atoms with Crippen molar-refractivity contribution in [2.75, 3.05) is 11.9 Å². The summed E-state index contributed by atoms with van der Waals surface area (Å²) in [5, 5.41) is 6.23. The molecule has 3 nitrogen and oxygen atoms in total. The number of fused-ring (bicyclic) bond motifs is 1. The fourth-order valence-electron chi connectivity index (χ4n) is 2.83. The first-order valence-corrected chi connectivity index (χ1v) is 7.66. The molecule has 1 aromatic carbocycles. The third-order valence-corrected chi connectivity index (χ3v) is 4.44. The lowest BCUT2D eigenvalue weighted by molar-refractivity contribution is 0.689. The van der Waals surface area contributed by atoms with Gasteiger partial charge in [-0.05, 0) is 36.6 Å². The molecule has 2 saturated carbocycles. The highest BCUT2D eigenvalue weighted by molar-refractivity contribution is 5.94. The van der Waals surface area contributed by atoms with E-state index in [9.17, 15) is 0 Å². The highest BCUT2D eigenvalue weighted by atomic mass is 15.2. The Morgan fingerprint density at radius 2 is 1.90 bits per heavy atom. The monoisotopic (exact) mass is 267 g/mol. The van der Waals surface area contributed by atoms with Gasteiger partial charge in [0.2, 0.25) is 0 Å². The van der Waals surface area contributed by atoms with E-state index in [-0.39, 0.29) is 0 Å². The molecule has 0 atom stereocenters. The van der Waals surface area contributed by atoms with E-state index < -0.39 is 0 Å². The summed E-state index contributed by atoms with van der Waals surface area (Å²) >= 11 is 0. The summed E-state index contributed by atoms with van der Waals surface area (Å²) in [6.45, 7) is 0.936. The molecule has 104 valence electrons. The van der Waals surface area contributed by atoms with Crippen LogP contribution in [0.5, 0.6) is 0 Å². The van der Waals surface area contributed by atoms with E-state index in [1.54, 1.807) is 0 Å². The topological polar surface area (TPSA) is 28.2 Å². The molecule has 0 unspecified atom stereocenters. The number of nitrogens with zero attached hydrogens (tertiary/aromatic N) is 2. The Morgan fingerprint density at radius 3 is 2.60 bits per heavy atom. The number of aromatic nitrogens is 1.